The minimum Gasteiger partial charge on any atom is -0.478 e. The summed E-state index contributed by atoms with van der Waals surface area (Å²) in [5.74, 6) is -2.19. The van der Waals surface area contributed by atoms with Crippen LogP contribution in [0, 0.1) is 0 Å². The van der Waals surface area contributed by atoms with Crippen LogP contribution in [0.15, 0.2) is 30.3 Å². The number of carboxylic acids is 1. The van der Waals surface area contributed by atoms with Gasteiger partial charge >= 0.3 is 17.7 Å². The van der Waals surface area contributed by atoms with Crippen molar-refractivity contribution in [2.45, 2.75) is 11.8 Å². The van der Waals surface area contributed by atoms with Gasteiger partial charge in [-0.3, -0.25) is 0 Å². The summed E-state index contributed by atoms with van der Waals surface area (Å²) < 4.78 is 43.0. The minimum absolute atomic E-state index is 0.102. The molecular formula is C11H7F3O3. The maximum Gasteiger partial charge on any atom is 0.443 e. The zero-order valence-electron chi connectivity index (χ0n) is 8.36. The summed E-state index contributed by atoms with van der Waals surface area (Å²) in [6, 6.07) is 5.92. The SMILES string of the molecule is O=C(O)C1(C(F)(F)F)C=Cc2ccccc2O1. The fourth-order valence-electron chi connectivity index (χ4n) is 1.51. The number of benzene rings is 1. The smallest absolute Gasteiger partial charge is 0.443 e. The van der Waals surface area contributed by atoms with Crippen molar-refractivity contribution in [1.82, 2.24) is 0 Å². The Morgan fingerprint density at radius 3 is 2.53 bits per heavy atom. The number of alkyl halides is 3. The van der Waals surface area contributed by atoms with E-state index in [4.69, 9.17) is 5.11 Å². The molecule has 1 aromatic rings. The number of hydrogen-bond donors (Lipinski definition) is 1. The molecule has 0 bridgehead atoms. The van der Waals surface area contributed by atoms with Crippen LogP contribution in [0.3, 0.4) is 0 Å². The van der Waals surface area contributed by atoms with Crippen molar-refractivity contribution in [3.63, 3.8) is 0 Å². The zero-order valence-corrected chi connectivity index (χ0v) is 8.36. The number of carboxylic acid groups (broad SMARTS) is 1. The molecular weight excluding hydrogens is 237 g/mol. The lowest BCUT2D eigenvalue weighted by Gasteiger charge is -2.32. The summed E-state index contributed by atoms with van der Waals surface area (Å²) >= 11 is 0. The van der Waals surface area contributed by atoms with Gasteiger partial charge in [0.25, 0.3) is 0 Å². The average molecular weight is 244 g/mol. The fourth-order valence-corrected chi connectivity index (χ4v) is 1.51. The third kappa shape index (κ3) is 1.65. The minimum atomic E-state index is -5.02. The molecule has 1 aromatic carbocycles. The molecule has 1 N–H and O–H groups in total. The molecule has 1 aliphatic rings. The Hall–Kier alpha value is -1.98. The van der Waals surface area contributed by atoms with E-state index in [9.17, 15) is 18.0 Å². The lowest BCUT2D eigenvalue weighted by atomic mass is 9.98. The van der Waals surface area contributed by atoms with Crippen LogP contribution in [0.1, 0.15) is 5.56 Å². The van der Waals surface area contributed by atoms with Crippen molar-refractivity contribution in [3.05, 3.63) is 35.9 Å². The molecule has 1 aliphatic heterocycles. The van der Waals surface area contributed by atoms with E-state index < -0.39 is 17.7 Å². The Morgan fingerprint density at radius 1 is 1.29 bits per heavy atom. The first-order chi connectivity index (χ1) is 7.87. The van der Waals surface area contributed by atoms with Gasteiger partial charge in [-0.2, -0.15) is 13.2 Å². The topological polar surface area (TPSA) is 46.5 Å². The monoisotopic (exact) mass is 244 g/mol. The predicted molar refractivity (Wildman–Crippen MR) is 52.5 cm³/mol. The number of rotatable bonds is 1. The van der Waals surface area contributed by atoms with Gasteiger partial charge in [-0.05, 0) is 12.1 Å². The highest BCUT2D eigenvalue weighted by molar-refractivity contribution is 5.85. The second-order valence-corrected chi connectivity index (χ2v) is 3.51. The first-order valence-corrected chi connectivity index (χ1v) is 4.64. The van der Waals surface area contributed by atoms with Crippen LogP contribution >= 0.6 is 0 Å². The first kappa shape index (κ1) is 11.5. The van der Waals surface area contributed by atoms with E-state index in [0.717, 1.165) is 6.08 Å². The van der Waals surface area contributed by atoms with E-state index in [1.165, 1.54) is 18.2 Å². The van der Waals surface area contributed by atoms with E-state index in [1.54, 1.807) is 6.07 Å². The molecule has 0 saturated heterocycles. The van der Waals surface area contributed by atoms with Crippen LogP contribution in [0.5, 0.6) is 5.75 Å². The lowest BCUT2D eigenvalue weighted by Crippen LogP contribution is -2.56. The maximum absolute atomic E-state index is 12.8. The number of hydrogen-bond acceptors (Lipinski definition) is 2. The van der Waals surface area contributed by atoms with Crippen LogP contribution in [-0.4, -0.2) is 22.9 Å². The molecule has 0 fully saturated rings. The zero-order chi connectivity index (χ0) is 12.7. The molecule has 0 aromatic heterocycles. The predicted octanol–water partition coefficient (Wildman–Crippen LogP) is 2.48. The second-order valence-electron chi connectivity index (χ2n) is 3.51. The Balaban J connectivity index is 2.53. The average Bonchev–Trinajstić information content (AvgIpc) is 2.26. The number of ether oxygens (including phenoxy) is 1. The number of aliphatic carboxylic acids is 1. The largest absolute Gasteiger partial charge is 0.478 e. The molecule has 2 rings (SSSR count). The molecule has 1 heterocycles. The van der Waals surface area contributed by atoms with Gasteiger partial charge in [-0.1, -0.05) is 24.3 Å². The van der Waals surface area contributed by atoms with Gasteiger partial charge in [-0.15, -0.1) is 0 Å². The van der Waals surface area contributed by atoms with Gasteiger partial charge in [0.15, 0.2) is 0 Å². The second kappa shape index (κ2) is 3.51. The van der Waals surface area contributed by atoms with E-state index in [-0.39, 0.29) is 5.75 Å². The van der Waals surface area contributed by atoms with E-state index in [0.29, 0.717) is 11.6 Å². The number of para-hydroxylation sites is 1. The van der Waals surface area contributed by atoms with Gasteiger partial charge in [0.1, 0.15) is 5.75 Å². The van der Waals surface area contributed by atoms with Crippen LogP contribution < -0.4 is 4.74 Å². The molecule has 0 spiro atoms. The van der Waals surface area contributed by atoms with Crippen LogP contribution in [-0.2, 0) is 4.79 Å². The molecule has 0 radical (unpaired) electrons. The van der Waals surface area contributed by atoms with Crippen molar-refractivity contribution in [3.8, 4) is 5.75 Å². The van der Waals surface area contributed by atoms with Gasteiger partial charge in [0.2, 0.25) is 0 Å². The fraction of sp³-hybridized carbons (Fsp3) is 0.182. The van der Waals surface area contributed by atoms with E-state index in [2.05, 4.69) is 4.74 Å². The molecule has 17 heavy (non-hydrogen) atoms. The quantitative estimate of drug-likeness (QED) is 0.825. The number of halogens is 3. The van der Waals surface area contributed by atoms with Crippen LogP contribution in [0.25, 0.3) is 6.08 Å². The highest BCUT2D eigenvalue weighted by Gasteiger charge is 2.63. The third-order valence-electron chi connectivity index (χ3n) is 2.43. The Bertz CT molecular complexity index is 493. The molecule has 1 unspecified atom stereocenters. The van der Waals surface area contributed by atoms with Crippen molar-refractivity contribution >= 4 is 12.0 Å². The molecule has 6 heteroatoms. The van der Waals surface area contributed by atoms with Crippen LogP contribution in [0.2, 0.25) is 0 Å². The summed E-state index contributed by atoms with van der Waals surface area (Å²) in [4.78, 5) is 10.8. The molecule has 90 valence electrons. The van der Waals surface area contributed by atoms with Crippen molar-refractivity contribution in [2.75, 3.05) is 0 Å². The molecule has 0 saturated carbocycles. The van der Waals surface area contributed by atoms with E-state index >= 15 is 0 Å². The summed E-state index contributed by atoms with van der Waals surface area (Å²) in [6.45, 7) is 0. The maximum atomic E-state index is 12.8. The van der Waals surface area contributed by atoms with Crippen molar-refractivity contribution < 1.29 is 27.8 Å². The first-order valence-electron chi connectivity index (χ1n) is 4.64. The van der Waals surface area contributed by atoms with E-state index in [1.807, 2.05) is 0 Å². The van der Waals surface area contributed by atoms with Gasteiger partial charge in [-0.25, -0.2) is 4.79 Å². The number of fused-ring (bicyclic) bond motifs is 1. The lowest BCUT2D eigenvalue weighted by molar-refractivity contribution is -0.235. The standard InChI is InChI=1S/C11H7F3O3/c12-11(13,14)10(9(15)16)6-5-7-3-1-2-4-8(7)17-10/h1-6H,(H,15,16). The number of carbonyl (C=O) groups is 1. The Labute approximate surface area is 94.1 Å². The third-order valence-corrected chi connectivity index (χ3v) is 2.43. The highest BCUT2D eigenvalue weighted by Crippen LogP contribution is 2.41. The van der Waals surface area contributed by atoms with Crippen LogP contribution in [0.4, 0.5) is 13.2 Å². The summed E-state index contributed by atoms with van der Waals surface area (Å²) in [6.07, 6.45) is -3.42. The summed E-state index contributed by atoms with van der Waals surface area (Å²) in [5.41, 5.74) is -2.89. The summed E-state index contributed by atoms with van der Waals surface area (Å²) in [5, 5.41) is 8.75. The molecule has 1 atom stereocenters. The van der Waals surface area contributed by atoms with Gasteiger partial charge in [0, 0.05) is 5.56 Å². The Morgan fingerprint density at radius 2 is 1.94 bits per heavy atom. The Kier molecular flexibility index (Phi) is 2.38. The van der Waals surface area contributed by atoms with Crippen molar-refractivity contribution in [1.29, 1.82) is 0 Å². The highest BCUT2D eigenvalue weighted by atomic mass is 19.4. The molecule has 0 aliphatic carbocycles. The molecule has 0 amide bonds. The van der Waals surface area contributed by atoms with Gasteiger partial charge in [0.05, 0.1) is 0 Å². The van der Waals surface area contributed by atoms with Crippen molar-refractivity contribution in [2.24, 2.45) is 0 Å². The molecule has 3 nitrogen and oxygen atoms in total. The summed E-state index contributed by atoms with van der Waals surface area (Å²) in [7, 11) is 0. The normalized spacial score (nSPS) is 22.8. The van der Waals surface area contributed by atoms with Gasteiger partial charge < -0.3 is 9.84 Å².